The molecule has 0 aromatic heterocycles. The molecule has 1 aromatic rings. The van der Waals surface area contributed by atoms with E-state index in [0.717, 1.165) is 5.56 Å². The van der Waals surface area contributed by atoms with Gasteiger partial charge in [0.2, 0.25) is 0 Å². The molecule has 0 bridgehead atoms. The van der Waals surface area contributed by atoms with E-state index in [9.17, 15) is 10.2 Å². The van der Waals surface area contributed by atoms with Crippen LogP contribution in [0.25, 0.3) is 0 Å². The van der Waals surface area contributed by atoms with E-state index in [4.69, 9.17) is 4.74 Å². The molecule has 0 amide bonds. The Bertz CT molecular complexity index is 339. The normalized spacial score (nSPS) is 34.1. The van der Waals surface area contributed by atoms with Gasteiger partial charge in [-0.2, -0.15) is 0 Å². The fourth-order valence-corrected chi connectivity index (χ4v) is 2.00. The predicted octanol–water partition coefficient (Wildman–Crippen LogP) is 1.42. The summed E-state index contributed by atoms with van der Waals surface area (Å²) in [5.41, 5.74) is -0.0678. The van der Waals surface area contributed by atoms with Crippen LogP contribution in [-0.2, 0) is 11.3 Å². The van der Waals surface area contributed by atoms with Crippen LogP contribution >= 0.6 is 15.9 Å². The Kier molecular flexibility index (Phi) is 2.85. The summed E-state index contributed by atoms with van der Waals surface area (Å²) in [6.07, 6.45) is 0.314. The molecule has 0 aliphatic heterocycles. The van der Waals surface area contributed by atoms with Crippen LogP contribution in [0.2, 0.25) is 0 Å². The van der Waals surface area contributed by atoms with Crippen LogP contribution in [0.4, 0.5) is 0 Å². The molecular weight excluding hydrogens is 260 g/mol. The largest absolute Gasteiger partial charge is 0.383 e. The fourth-order valence-electron chi connectivity index (χ4n) is 1.42. The van der Waals surface area contributed by atoms with Gasteiger partial charge >= 0.3 is 0 Å². The van der Waals surface area contributed by atoms with E-state index in [1.165, 1.54) is 0 Å². The Morgan fingerprint density at radius 1 is 1.27 bits per heavy atom. The Hall–Kier alpha value is -0.420. The number of halogens is 1. The summed E-state index contributed by atoms with van der Waals surface area (Å²) in [5, 5.41) is 19.1. The standard InChI is InChI=1S/C11H13BrO3/c12-11(14)7-10(11,13)8-15-6-9-4-2-1-3-5-9/h1-5,13-14H,6-8H2. The lowest BCUT2D eigenvalue weighted by molar-refractivity contribution is -0.0174. The maximum Gasteiger partial charge on any atom is 0.153 e. The highest BCUT2D eigenvalue weighted by Gasteiger charge is 2.65. The second-order valence-electron chi connectivity index (χ2n) is 3.95. The van der Waals surface area contributed by atoms with Gasteiger partial charge in [-0.15, -0.1) is 0 Å². The molecule has 1 aliphatic rings. The molecule has 2 atom stereocenters. The SMILES string of the molecule is OC1(Br)CC1(O)COCc1ccccc1. The molecule has 1 saturated carbocycles. The molecule has 1 aromatic carbocycles. The zero-order valence-electron chi connectivity index (χ0n) is 8.19. The number of rotatable bonds is 4. The van der Waals surface area contributed by atoms with Gasteiger partial charge in [0.1, 0.15) is 5.60 Å². The third-order valence-electron chi connectivity index (χ3n) is 2.57. The van der Waals surface area contributed by atoms with Gasteiger partial charge in [0.05, 0.1) is 13.2 Å². The quantitative estimate of drug-likeness (QED) is 0.816. The molecule has 2 N–H and O–H groups in total. The maximum absolute atomic E-state index is 9.71. The lowest BCUT2D eigenvalue weighted by atomic mass is 10.2. The first-order chi connectivity index (χ1) is 7.04. The molecule has 1 aliphatic carbocycles. The van der Waals surface area contributed by atoms with Crippen LogP contribution in [0.3, 0.4) is 0 Å². The molecule has 3 nitrogen and oxygen atoms in total. The van der Waals surface area contributed by atoms with Crippen LogP contribution in [0.5, 0.6) is 0 Å². The summed E-state index contributed by atoms with van der Waals surface area (Å²) in [7, 11) is 0. The van der Waals surface area contributed by atoms with Gasteiger partial charge in [-0.3, -0.25) is 0 Å². The predicted molar refractivity (Wildman–Crippen MR) is 59.5 cm³/mol. The Labute approximate surface area is 96.8 Å². The highest BCUT2D eigenvalue weighted by molar-refractivity contribution is 9.10. The second kappa shape index (κ2) is 3.87. The van der Waals surface area contributed by atoms with Crippen LogP contribution in [0.1, 0.15) is 12.0 Å². The van der Waals surface area contributed by atoms with Crippen molar-refractivity contribution in [1.29, 1.82) is 0 Å². The van der Waals surface area contributed by atoms with Crippen molar-refractivity contribution in [3.05, 3.63) is 35.9 Å². The minimum Gasteiger partial charge on any atom is -0.383 e. The van der Waals surface area contributed by atoms with Crippen molar-refractivity contribution in [2.45, 2.75) is 23.1 Å². The summed E-state index contributed by atoms with van der Waals surface area (Å²) in [4.78, 5) is 0. The Morgan fingerprint density at radius 3 is 2.40 bits per heavy atom. The van der Waals surface area contributed by atoms with Crippen molar-refractivity contribution < 1.29 is 14.9 Å². The molecule has 0 saturated heterocycles. The Morgan fingerprint density at radius 2 is 1.87 bits per heavy atom. The van der Waals surface area contributed by atoms with Gasteiger partial charge in [-0.1, -0.05) is 46.3 Å². The Balaban J connectivity index is 1.77. The molecule has 4 heteroatoms. The van der Waals surface area contributed by atoms with Crippen molar-refractivity contribution >= 4 is 15.9 Å². The summed E-state index contributed by atoms with van der Waals surface area (Å²) in [5.74, 6) is 0. The molecule has 0 spiro atoms. The van der Waals surface area contributed by atoms with E-state index in [1.807, 2.05) is 30.3 Å². The highest BCUT2D eigenvalue weighted by atomic mass is 79.9. The van der Waals surface area contributed by atoms with Crippen molar-refractivity contribution in [2.24, 2.45) is 0 Å². The summed E-state index contributed by atoms with van der Waals surface area (Å²) >= 11 is 3.02. The number of alkyl halides is 1. The average molecular weight is 273 g/mol. The molecule has 1 fully saturated rings. The molecule has 15 heavy (non-hydrogen) atoms. The van der Waals surface area contributed by atoms with Crippen LogP contribution in [0.15, 0.2) is 30.3 Å². The van der Waals surface area contributed by atoms with Crippen LogP contribution < -0.4 is 0 Å². The van der Waals surface area contributed by atoms with Crippen molar-refractivity contribution in [1.82, 2.24) is 0 Å². The molecule has 0 radical (unpaired) electrons. The molecular formula is C11H13BrO3. The van der Waals surface area contributed by atoms with Crippen LogP contribution in [0, 0.1) is 0 Å². The number of aliphatic hydroxyl groups is 2. The summed E-state index contributed by atoms with van der Waals surface area (Å²) in [6, 6.07) is 9.72. The monoisotopic (exact) mass is 272 g/mol. The smallest absolute Gasteiger partial charge is 0.153 e. The average Bonchev–Trinajstić information content (AvgIpc) is 2.67. The maximum atomic E-state index is 9.71. The minimum atomic E-state index is -1.16. The van der Waals surface area contributed by atoms with E-state index >= 15 is 0 Å². The van der Waals surface area contributed by atoms with Gasteiger partial charge in [0.25, 0.3) is 0 Å². The number of ether oxygens (including phenoxy) is 1. The van der Waals surface area contributed by atoms with E-state index < -0.39 is 10.1 Å². The topological polar surface area (TPSA) is 49.7 Å². The molecule has 82 valence electrons. The lowest BCUT2D eigenvalue weighted by Crippen LogP contribution is -2.26. The first-order valence-corrected chi connectivity index (χ1v) is 5.58. The first-order valence-electron chi connectivity index (χ1n) is 4.79. The first kappa shape index (κ1) is 11.1. The van der Waals surface area contributed by atoms with E-state index in [2.05, 4.69) is 15.9 Å². The van der Waals surface area contributed by atoms with Crippen molar-refractivity contribution in [3.8, 4) is 0 Å². The van der Waals surface area contributed by atoms with Crippen molar-refractivity contribution in [3.63, 3.8) is 0 Å². The molecule has 0 heterocycles. The lowest BCUT2D eigenvalue weighted by Gasteiger charge is -2.12. The van der Waals surface area contributed by atoms with Gasteiger partial charge in [0.15, 0.2) is 4.51 Å². The molecule has 2 rings (SSSR count). The third kappa shape index (κ3) is 2.39. The van der Waals surface area contributed by atoms with Gasteiger partial charge in [-0.05, 0) is 5.56 Å². The number of benzene rings is 1. The fraction of sp³-hybridized carbons (Fsp3) is 0.455. The van der Waals surface area contributed by atoms with Gasteiger partial charge < -0.3 is 14.9 Å². The van der Waals surface area contributed by atoms with E-state index in [1.54, 1.807) is 0 Å². The third-order valence-corrected chi connectivity index (χ3v) is 3.59. The van der Waals surface area contributed by atoms with E-state index in [-0.39, 0.29) is 6.61 Å². The summed E-state index contributed by atoms with van der Waals surface area (Å²) in [6.45, 7) is 0.593. The van der Waals surface area contributed by atoms with Gasteiger partial charge in [-0.25, -0.2) is 0 Å². The second-order valence-corrected chi connectivity index (χ2v) is 5.26. The van der Waals surface area contributed by atoms with Gasteiger partial charge in [0, 0.05) is 6.42 Å². The highest BCUT2D eigenvalue weighted by Crippen LogP contribution is 2.52. The molecule has 2 unspecified atom stereocenters. The number of hydrogen-bond donors (Lipinski definition) is 2. The summed E-state index contributed by atoms with van der Waals surface area (Å²) < 4.78 is 4.19. The van der Waals surface area contributed by atoms with Crippen LogP contribution in [-0.4, -0.2) is 26.9 Å². The van der Waals surface area contributed by atoms with E-state index in [0.29, 0.717) is 13.0 Å². The number of hydrogen-bond acceptors (Lipinski definition) is 3. The minimum absolute atomic E-state index is 0.143. The zero-order chi connectivity index (χ0) is 10.9. The zero-order valence-corrected chi connectivity index (χ0v) is 9.77. The van der Waals surface area contributed by atoms with Crippen molar-refractivity contribution in [2.75, 3.05) is 6.61 Å².